The summed E-state index contributed by atoms with van der Waals surface area (Å²) in [6.45, 7) is 6.06. The highest BCUT2D eigenvalue weighted by atomic mass is 35.5. The third-order valence-corrected chi connectivity index (χ3v) is 6.36. The summed E-state index contributed by atoms with van der Waals surface area (Å²) in [5, 5.41) is 5.97. The molecule has 0 heterocycles. The molecule has 182 valence electrons. The Balaban J connectivity index is 1.57. The number of rotatable bonds is 8. The maximum atomic E-state index is 12.5. The Hall–Kier alpha value is -3.29. The third kappa shape index (κ3) is 7.34. The van der Waals surface area contributed by atoms with E-state index >= 15 is 0 Å². The van der Waals surface area contributed by atoms with E-state index in [1.807, 2.05) is 25.1 Å². The highest BCUT2D eigenvalue weighted by molar-refractivity contribution is 8.00. The molecule has 0 bridgehead atoms. The molecule has 0 fully saturated rings. The van der Waals surface area contributed by atoms with E-state index in [1.54, 1.807) is 6.07 Å². The minimum Gasteiger partial charge on any atom is -0.465 e. The predicted molar refractivity (Wildman–Crippen MR) is 143 cm³/mol. The number of benzene rings is 3. The minimum absolute atomic E-state index is 0.0399. The fourth-order valence-corrected chi connectivity index (χ4v) is 4.38. The lowest BCUT2D eigenvalue weighted by Crippen LogP contribution is -2.20. The number of ether oxygens (including phenoxy) is 1. The highest BCUT2D eigenvalue weighted by Crippen LogP contribution is 2.27. The van der Waals surface area contributed by atoms with Crippen LogP contribution in [0.2, 0.25) is 5.02 Å². The van der Waals surface area contributed by atoms with Crippen molar-refractivity contribution in [2.45, 2.75) is 20.8 Å². The molecule has 8 heteroatoms. The van der Waals surface area contributed by atoms with Crippen LogP contribution >= 0.6 is 23.4 Å². The molecule has 3 aromatic carbocycles. The molecule has 0 aromatic heterocycles. The van der Waals surface area contributed by atoms with Gasteiger partial charge in [0.1, 0.15) is 0 Å². The Bertz CT molecular complexity index is 1260. The Morgan fingerprint density at radius 1 is 0.800 bits per heavy atom. The molecule has 3 rings (SSSR count). The van der Waals surface area contributed by atoms with Crippen molar-refractivity contribution >= 4 is 52.5 Å². The molecule has 0 saturated carbocycles. The van der Waals surface area contributed by atoms with Crippen LogP contribution in [0.4, 0.5) is 11.4 Å². The zero-order valence-electron chi connectivity index (χ0n) is 20.0. The lowest BCUT2D eigenvalue weighted by Gasteiger charge is -2.12. The molecule has 0 radical (unpaired) electrons. The number of esters is 1. The standard InChI is InChI=1S/C27H27ClN2O4S/c1-16-9-17(2)11-20(10-16)19-6-5-18(3)24(12-19)30-26(32)15-35-14-25(31)29-23-8-7-21(28)13-22(23)27(33)34-4/h5-13H,14-15H2,1-4H3,(H,29,31)(H,30,32). The summed E-state index contributed by atoms with van der Waals surface area (Å²) in [7, 11) is 1.25. The Morgan fingerprint density at radius 2 is 1.43 bits per heavy atom. The molecule has 0 aliphatic rings. The van der Waals surface area contributed by atoms with Crippen molar-refractivity contribution in [3.63, 3.8) is 0 Å². The topological polar surface area (TPSA) is 84.5 Å². The van der Waals surface area contributed by atoms with Gasteiger partial charge in [0.2, 0.25) is 11.8 Å². The summed E-state index contributed by atoms with van der Waals surface area (Å²) in [6.07, 6.45) is 0. The molecular formula is C27H27ClN2O4S. The number of halogens is 1. The Labute approximate surface area is 214 Å². The second-order valence-corrected chi connectivity index (χ2v) is 9.60. The predicted octanol–water partition coefficient (Wildman–Crippen LogP) is 6.03. The van der Waals surface area contributed by atoms with Gasteiger partial charge in [0.05, 0.1) is 29.9 Å². The molecule has 0 unspecified atom stereocenters. The van der Waals surface area contributed by atoms with E-state index in [1.165, 1.54) is 42.1 Å². The van der Waals surface area contributed by atoms with Gasteiger partial charge >= 0.3 is 5.97 Å². The molecule has 0 saturated heterocycles. The van der Waals surface area contributed by atoms with Gasteiger partial charge in [-0.1, -0.05) is 53.1 Å². The van der Waals surface area contributed by atoms with Crippen molar-refractivity contribution in [2.24, 2.45) is 0 Å². The van der Waals surface area contributed by atoms with Gasteiger partial charge < -0.3 is 15.4 Å². The number of carbonyl (C=O) groups excluding carboxylic acids is 3. The van der Waals surface area contributed by atoms with Crippen LogP contribution in [0.1, 0.15) is 27.0 Å². The first kappa shape index (κ1) is 26.3. The van der Waals surface area contributed by atoms with Gasteiger partial charge in [-0.05, 0) is 61.7 Å². The maximum absolute atomic E-state index is 12.5. The van der Waals surface area contributed by atoms with Gasteiger partial charge in [-0.2, -0.15) is 0 Å². The molecule has 0 spiro atoms. The SMILES string of the molecule is COC(=O)c1cc(Cl)ccc1NC(=O)CSCC(=O)Nc1cc(-c2cc(C)cc(C)c2)ccc1C. The first-order valence-corrected chi connectivity index (χ1v) is 12.4. The smallest absolute Gasteiger partial charge is 0.340 e. The van der Waals surface area contributed by atoms with Crippen molar-refractivity contribution < 1.29 is 19.1 Å². The van der Waals surface area contributed by atoms with Crippen molar-refractivity contribution in [1.29, 1.82) is 0 Å². The molecular weight excluding hydrogens is 484 g/mol. The number of anilines is 2. The van der Waals surface area contributed by atoms with E-state index in [0.29, 0.717) is 10.7 Å². The van der Waals surface area contributed by atoms with Crippen molar-refractivity contribution in [1.82, 2.24) is 0 Å². The quantitative estimate of drug-likeness (QED) is 0.361. The van der Waals surface area contributed by atoms with Gasteiger partial charge in [-0.3, -0.25) is 9.59 Å². The molecule has 2 N–H and O–H groups in total. The number of thioether (sulfide) groups is 1. The fourth-order valence-electron chi connectivity index (χ4n) is 3.59. The van der Waals surface area contributed by atoms with Gasteiger partial charge in [0.25, 0.3) is 0 Å². The molecule has 6 nitrogen and oxygen atoms in total. The van der Waals surface area contributed by atoms with Crippen LogP contribution in [0, 0.1) is 20.8 Å². The van der Waals surface area contributed by atoms with Crippen molar-refractivity contribution in [3.05, 3.63) is 81.9 Å². The summed E-state index contributed by atoms with van der Waals surface area (Å²) < 4.78 is 4.73. The third-order valence-electron chi connectivity index (χ3n) is 5.19. The average Bonchev–Trinajstić information content (AvgIpc) is 2.80. The molecule has 0 aliphatic heterocycles. The molecule has 3 aromatic rings. The lowest BCUT2D eigenvalue weighted by molar-refractivity contribution is -0.114. The van der Waals surface area contributed by atoms with E-state index < -0.39 is 5.97 Å². The second kappa shape index (κ2) is 11.9. The molecule has 35 heavy (non-hydrogen) atoms. The number of hydrogen-bond donors (Lipinski definition) is 2. The van der Waals surface area contributed by atoms with Crippen LogP contribution in [0.25, 0.3) is 11.1 Å². The Kier molecular flexibility index (Phi) is 8.95. The summed E-state index contributed by atoms with van der Waals surface area (Å²) in [6, 6.07) is 16.9. The van der Waals surface area contributed by atoms with Gasteiger partial charge in [-0.25, -0.2) is 4.79 Å². The van der Waals surface area contributed by atoms with Gasteiger partial charge in [0, 0.05) is 10.7 Å². The van der Waals surface area contributed by atoms with E-state index in [2.05, 4.69) is 42.7 Å². The normalized spacial score (nSPS) is 10.5. The molecule has 0 aliphatic carbocycles. The summed E-state index contributed by atoms with van der Waals surface area (Å²) >= 11 is 7.11. The first-order chi connectivity index (χ1) is 16.7. The zero-order chi connectivity index (χ0) is 25.5. The minimum atomic E-state index is -0.603. The molecule has 0 atom stereocenters. The number of nitrogens with one attached hydrogen (secondary N) is 2. The summed E-state index contributed by atoms with van der Waals surface area (Å²) in [4.78, 5) is 36.8. The van der Waals surface area contributed by atoms with E-state index in [-0.39, 0.29) is 28.9 Å². The average molecular weight is 511 g/mol. The fraction of sp³-hybridized carbons (Fsp3) is 0.222. The van der Waals surface area contributed by atoms with Crippen LogP contribution in [-0.2, 0) is 14.3 Å². The number of methoxy groups -OCH3 is 1. The maximum Gasteiger partial charge on any atom is 0.340 e. The highest BCUT2D eigenvalue weighted by Gasteiger charge is 2.15. The van der Waals surface area contributed by atoms with Crippen LogP contribution in [0.5, 0.6) is 0 Å². The van der Waals surface area contributed by atoms with Crippen molar-refractivity contribution in [2.75, 3.05) is 29.2 Å². The summed E-state index contributed by atoms with van der Waals surface area (Å²) in [5.41, 5.74) is 6.63. The van der Waals surface area contributed by atoms with Gasteiger partial charge in [0.15, 0.2) is 0 Å². The number of amides is 2. The second-order valence-electron chi connectivity index (χ2n) is 8.18. The first-order valence-electron chi connectivity index (χ1n) is 10.9. The number of aryl methyl sites for hydroxylation is 3. The summed E-state index contributed by atoms with van der Waals surface area (Å²) in [5.74, 6) is -1.01. The van der Waals surface area contributed by atoms with Crippen LogP contribution in [0.3, 0.4) is 0 Å². The van der Waals surface area contributed by atoms with Crippen LogP contribution in [0.15, 0.2) is 54.6 Å². The van der Waals surface area contributed by atoms with Gasteiger partial charge in [-0.15, -0.1) is 11.8 Å². The van der Waals surface area contributed by atoms with E-state index in [9.17, 15) is 14.4 Å². The van der Waals surface area contributed by atoms with Crippen molar-refractivity contribution in [3.8, 4) is 11.1 Å². The Morgan fingerprint density at radius 3 is 2.06 bits per heavy atom. The van der Waals surface area contributed by atoms with Crippen LogP contribution in [-0.4, -0.2) is 36.4 Å². The van der Waals surface area contributed by atoms with E-state index in [4.69, 9.17) is 16.3 Å². The largest absolute Gasteiger partial charge is 0.465 e. The van der Waals surface area contributed by atoms with Crippen LogP contribution < -0.4 is 10.6 Å². The number of carbonyl (C=O) groups is 3. The zero-order valence-corrected chi connectivity index (χ0v) is 21.6. The number of hydrogen-bond acceptors (Lipinski definition) is 5. The molecule has 2 amide bonds. The monoisotopic (exact) mass is 510 g/mol. The van der Waals surface area contributed by atoms with E-state index in [0.717, 1.165) is 22.4 Å². The lowest BCUT2D eigenvalue weighted by atomic mass is 9.99.